The zero-order chi connectivity index (χ0) is 20.9. The van der Waals surface area contributed by atoms with Crippen molar-refractivity contribution in [2.45, 2.75) is 18.6 Å². The van der Waals surface area contributed by atoms with Crippen molar-refractivity contribution in [3.8, 4) is 0 Å². The fourth-order valence-corrected chi connectivity index (χ4v) is 4.43. The number of hydrogen-bond acceptors (Lipinski definition) is 3. The highest BCUT2D eigenvalue weighted by Crippen LogP contribution is 2.37. The third-order valence-electron chi connectivity index (χ3n) is 3.69. The molecule has 2 atom stereocenters. The van der Waals surface area contributed by atoms with Gasteiger partial charge in [0.2, 0.25) is 6.41 Å². The van der Waals surface area contributed by atoms with E-state index in [1.54, 1.807) is 0 Å². The Labute approximate surface area is 170 Å². The molecule has 2 aromatic rings. The summed E-state index contributed by atoms with van der Waals surface area (Å²) in [5, 5.41) is 2.34. The molecular weight excluding hydrogens is 440 g/mol. The first-order valence-electron chi connectivity index (χ1n) is 7.87. The first-order chi connectivity index (χ1) is 13.1. The van der Waals surface area contributed by atoms with Crippen molar-refractivity contribution in [1.29, 1.82) is 4.78 Å². The van der Waals surface area contributed by atoms with Gasteiger partial charge in [0.1, 0.15) is 10.7 Å². The Hall–Kier alpha value is -1.53. The van der Waals surface area contributed by atoms with Gasteiger partial charge in [0, 0.05) is 28.2 Å². The molecule has 0 radical (unpaired) electrons. The quantitative estimate of drug-likeness (QED) is 0.450. The molecule has 1 fully saturated rings. The number of nitrogens with zero attached hydrogens (tertiary/aromatic N) is 1. The minimum absolute atomic E-state index is 0.00292. The van der Waals surface area contributed by atoms with Gasteiger partial charge in [-0.1, -0.05) is 11.6 Å². The molecule has 2 heterocycles. The minimum atomic E-state index is -4.27. The van der Waals surface area contributed by atoms with Crippen LogP contribution in [0.25, 0.3) is 0 Å². The maximum absolute atomic E-state index is 12.5. The summed E-state index contributed by atoms with van der Waals surface area (Å²) in [6.07, 6.45) is -3.03. The molecule has 12 heteroatoms. The largest absolute Gasteiger partial charge is 0.425 e. The van der Waals surface area contributed by atoms with E-state index in [1.165, 1.54) is 24.3 Å². The second kappa shape index (κ2) is 9.79. The standard InChI is InChI=1S/C9H12F3N3S2.C7H5ClFNO/c1-15-5-4-6(14-17(15)13)7-2-3-8(16-7)9(10,11)12;8-6-3-5(10-4-11)1-2-7(6)9/h2-3,6H,4-5H2,1H3,(H2,13,14);1-4H,(H,10,11)/t6-,17?;/m0./s1. The molecule has 3 N–H and O–H groups in total. The summed E-state index contributed by atoms with van der Waals surface area (Å²) >= 11 is 5.36. The van der Waals surface area contributed by atoms with E-state index in [1.807, 2.05) is 11.4 Å². The van der Waals surface area contributed by atoms with Crippen LogP contribution in [0.15, 0.2) is 30.3 Å². The highest BCUT2D eigenvalue weighted by molar-refractivity contribution is 7.81. The number of hydrogen-bond donors (Lipinski definition) is 3. The molecule has 1 aromatic heterocycles. The number of thiophene rings is 1. The van der Waals surface area contributed by atoms with Gasteiger partial charge in [0.25, 0.3) is 0 Å². The second-order valence-corrected chi connectivity index (χ2v) is 8.64. The number of nitrogens with one attached hydrogen (secondary N) is 3. The normalized spacial score (nSPS) is 20.2. The van der Waals surface area contributed by atoms with Crippen molar-refractivity contribution in [3.05, 3.63) is 50.9 Å². The van der Waals surface area contributed by atoms with E-state index >= 15 is 0 Å². The summed E-state index contributed by atoms with van der Waals surface area (Å²) in [5.74, 6) is -0.497. The molecule has 1 aromatic carbocycles. The van der Waals surface area contributed by atoms with E-state index < -0.39 is 27.9 Å². The van der Waals surface area contributed by atoms with Crippen LogP contribution in [-0.2, 0) is 22.0 Å². The van der Waals surface area contributed by atoms with Crippen molar-refractivity contribution < 1.29 is 22.4 Å². The average Bonchev–Trinajstić information content (AvgIpc) is 3.12. The zero-order valence-corrected chi connectivity index (χ0v) is 16.9. The molecule has 1 amide bonds. The summed E-state index contributed by atoms with van der Waals surface area (Å²) in [5.41, 5.74) is 0.478. The third kappa shape index (κ3) is 6.24. The van der Waals surface area contributed by atoms with Crippen molar-refractivity contribution in [2.24, 2.45) is 0 Å². The van der Waals surface area contributed by atoms with Gasteiger partial charge >= 0.3 is 6.18 Å². The molecule has 5 nitrogen and oxygen atoms in total. The molecule has 1 aliphatic rings. The molecular formula is C16H17ClF4N4OS2. The molecule has 1 unspecified atom stereocenters. The van der Waals surface area contributed by atoms with Crippen LogP contribution < -0.4 is 10.0 Å². The van der Waals surface area contributed by atoms with Crippen molar-refractivity contribution in [3.63, 3.8) is 0 Å². The molecule has 1 aliphatic heterocycles. The van der Waals surface area contributed by atoms with Crippen LogP contribution in [0.1, 0.15) is 22.2 Å². The topological polar surface area (TPSA) is 68.2 Å². The van der Waals surface area contributed by atoms with Crippen LogP contribution in [0.5, 0.6) is 0 Å². The van der Waals surface area contributed by atoms with Crippen LogP contribution in [0.2, 0.25) is 5.02 Å². The minimum Gasteiger partial charge on any atom is -0.329 e. The molecule has 0 spiro atoms. The second-order valence-electron chi connectivity index (χ2n) is 5.69. The lowest BCUT2D eigenvalue weighted by Gasteiger charge is -2.30. The smallest absolute Gasteiger partial charge is 0.329 e. The summed E-state index contributed by atoms with van der Waals surface area (Å²) in [6.45, 7) is 0.726. The van der Waals surface area contributed by atoms with E-state index in [0.717, 1.165) is 30.4 Å². The zero-order valence-electron chi connectivity index (χ0n) is 14.5. The van der Waals surface area contributed by atoms with Crippen molar-refractivity contribution >= 4 is 46.1 Å². The summed E-state index contributed by atoms with van der Waals surface area (Å²) < 4.78 is 62.4. The molecule has 3 rings (SSSR count). The number of benzene rings is 1. The van der Waals surface area contributed by atoms with Gasteiger partial charge in [0.15, 0.2) is 0 Å². The average molecular weight is 457 g/mol. The van der Waals surface area contributed by atoms with Gasteiger partial charge in [-0.25, -0.2) is 13.4 Å². The Kier molecular flexibility index (Phi) is 7.96. The first-order valence-corrected chi connectivity index (χ1v) is 10.2. The third-order valence-corrected chi connectivity index (χ3v) is 6.54. The molecule has 0 aliphatic carbocycles. The van der Waals surface area contributed by atoms with Gasteiger partial charge in [-0.2, -0.15) is 13.2 Å². The maximum Gasteiger partial charge on any atom is 0.425 e. The maximum atomic E-state index is 12.5. The Morgan fingerprint density at radius 3 is 2.64 bits per heavy atom. The molecule has 1 saturated heterocycles. The van der Waals surface area contributed by atoms with Gasteiger partial charge in [-0.15, -0.1) is 11.3 Å². The SMILES string of the molecule is CN1CC[C@@H](c2ccc(C(F)(F)F)s2)NS1=N.O=CNc1ccc(F)c(Cl)c1. The first kappa shape index (κ1) is 22.8. The molecule has 0 bridgehead atoms. The number of anilines is 1. The van der Waals surface area contributed by atoms with Crippen LogP contribution in [0, 0.1) is 10.6 Å². The number of alkyl halides is 3. The van der Waals surface area contributed by atoms with Gasteiger partial charge in [-0.3, -0.25) is 9.57 Å². The lowest BCUT2D eigenvalue weighted by molar-refractivity contribution is -0.134. The number of carbonyl (C=O) groups is 1. The summed E-state index contributed by atoms with van der Waals surface area (Å²) in [6, 6.07) is 6.44. The fraction of sp³-hybridized carbons (Fsp3) is 0.312. The Balaban J connectivity index is 0.000000221. The lowest BCUT2D eigenvalue weighted by atomic mass is 10.2. The number of carbonyl (C=O) groups excluding carboxylic acids is 1. The highest BCUT2D eigenvalue weighted by Gasteiger charge is 2.33. The molecule has 154 valence electrons. The highest BCUT2D eigenvalue weighted by atomic mass is 35.5. The van der Waals surface area contributed by atoms with Gasteiger partial charge < -0.3 is 5.32 Å². The number of rotatable bonds is 3. The Morgan fingerprint density at radius 2 is 2.11 bits per heavy atom. The lowest BCUT2D eigenvalue weighted by Crippen LogP contribution is -2.40. The van der Waals surface area contributed by atoms with E-state index in [-0.39, 0.29) is 11.1 Å². The molecule has 28 heavy (non-hydrogen) atoms. The Bertz CT molecular complexity index is 846. The predicted molar refractivity (Wildman–Crippen MR) is 104 cm³/mol. The molecule has 0 saturated carbocycles. The van der Waals surface area contributed by atoms with E-state index in [9.17, 15) is 22.4 Å². The Morgan fingerprint density at radius 1 is 1.39 bits per heavy atom. The van der Waals surface area contributed by atoms with Crippen LogP contribution in [0.3, 0.4) is 0 Å². The van der Waals surface area contributed by atoms with E-state index in [4.69, 9.17) is 16.4 Å². The summed E-state index contributed by atoms with van der Waals surface area (Å²) in [7, 11) is 1.83. The van der Waals surface area contributed by atoms with Crippen LogP contribution in [0.4, 0.5) is 23.2 Å². The summed E-state index contributed by atoms with van der Waals surface area (Å²) in [4.78, 5) is 10.0. The van der Waals surface area contributed by atoms with E-state index in [0.29, 0.717) is 17.0 Å². The number of halogens is 5. The monoisotopic (exact) mass is 456 g/mol. The van der Waals surface area contributed by atoms with Gasteiger partial charge in [0.05, 0.1) is 11.1 Å². The fourth-order valence-electron chi connectivity index (χ4n) is 2.23. The number of amides is 1. The van der Waals surface area contributed by atoms with Crippen molar-refractivity contribution in [2.75, 3.05) is 18.9 Å². The van der Waals surface area contributed by atoms with Crippen LogP contribution in [-0.4, -0.2) is 24.3 Å². The predicted octanol–water partition coefficient (Wildman–Crippen LogP) is 4.99. The van der Waals surface area contributed by atoms with E-state index in [2.05, 4.69) is 10.0 Å². The van der Waals surface area contributed by atoms with Gasteiger partial charge in [-0.05, 0) is 43.8 Å². The van der Waals surface area contributed by atoms with Crippen molar-refractivity contribution in [1.82, 2.24) is 9.03 Å². The van der Waals surface area contributed by atoms with Crippen LogP contribution >= 0.6 is 22.9 Å².